The number of amides is 2. The van der Waals surface area contributed by atoms with Crippen LogP contribution in [0.3, 0.4) is 0 Å². The van der Waals surface area contributed by atoms with Gasteiger partial charge < -0.3 is 20.6 Å². The number of nitrogens with zero attached hydrogens (tertiary/aromatic N) is 2. The molecular formula is C19H22N6O3. The van der Waals surface area contributed by atoms with Gasteiger partial charge in [0.1, 0.15) is 5.82 Å². The number of fused-ring (bicyclic) bond motifs is 1. The maximum absolute atomic E-state index is 12.5. The fraction of sp³-hybridized carbons (Fsp3) is 0.263. The third-order valence-corrected chi connectivity index (χ3v) is 4.40. The molecule has 1 aromatic carbocycles. The third-order valence-electron chi connectivity index (χ3n) is 4.40. The number of rotatable bonds is 6. The number of anilines is 2. The van der Waals surface area contributed by atoms with Crippen LogP contribution < -0.4 is 16.3 Å². The first-order valence-corrected chi connectivity index (χ1v) is 8.77. The Morgan fingerprint density at radius 3 is 2.61 bits per heavy atom. The second kappa shape index (κ2) is 8.05. The summed E-state index contributed by atoms with van der Waals surface area (Å²) in [5.41, 5.74) is 2.52. The first kappa shape index (κ1) is 19.3. The summed E-state index contributed by atoms with van der Waals surface area (Å²) >= 11 is 0. The molecule has 4 N–H and O–H groups in total. The maximum Gasteiger partial charge on any atom is 0.323 e. The molecule has 0 fully saturated rings. The van der Waals surface area contributed by atoms with Crippen molar-refractivity contribution >= 4 is 34.4 Å². The Hall–Kier alpha value is -3.46. The predicted octanol–water partition coefficient (Wildman–Crippen LogP) is 1.46. The fourth-order valence-corrected chi connectivity index (χ4v) is 2.64. The minimum Gasteiger partial charge on any atom is -0.325 e. The SMILES string of the molecule is Cc1ccc(NC(=O)CN(C)C(C)C(=O)Nc2ccc3[nH]c(=O)[nH]c3c2)nc1. The Labute approximate surface area is 161 Å². The number of carbonyl (C=O) groups excluding carboxylic acids is 2. The number of nitrogens with one attached hydrogen (secondary N) is 4. The van der Waals surface area contributed by atoms with Crippen LogP contribution in [0.25, 0.3) is 11.0 Å². The summed E-state index contributed by atoms with van der Waals surface area (Å²) in [6.07, 6.45) is 1.67. The lowest BCUT2D eigenvalue weighted by molar-refractivity contribution is -0.122. The van der Waals surface area contributed by atoms with Gasteiger partial charge in [0.15, 0.2) is 0 Å². The number of likely N-dealkylation sites (N-methyl/N-ethyl adjacent to an activating group) is 1. The minimum absolute atomic E-state index is 0.0360. The molecule has 9 heteroatoms. The van der Waals surface area contributed by atoms with Crippen molar-refractivity contribution in [3.8, 4) is 0 Å². The molecule has 28 heavy (non-hydrogen) atoms. The van der Waals surface area contributed by atoms with Crippen LogP contribution in [-0.2, 0) is 9.59 Å². The van der Waals surface area contributed by atoms with Crippen LogP contribution in [0.15, 0.2) is 41.3 Å². The van der Waals surface area contributed by atoms with Crippen molar-refractivity contribution in [3.05, 3.63) is 52.6 Å². The van der Waals surface area contributed by atoms with E-state index in [4.69, 9.17) is 0 Å². The van der Waals surface area contributed by atoms with Gasteiger partial charge in [0.05, 0.1) is 23.6 Å². The van der Waals surface area contributed by atoms with Gasteiger partial charge in [0.25, 0.3) is 0 Å². The topological polar surface area (TPSA) is 123 Å². The first-order valence-electron chi connectivity index (χ1n) is 8.77. The van der Waals surface area contributed by atoms with E-state index in [-0.39, 0.29) is 24.0 Å². The van der Waals surface area contributed by atoms with Gasteiger partial charge in [0, 0.05) is 11.9 Å². The highest BCUT2D eigenvalue weighted by atomic mass is 16.2. The monoisotopic (exact) mass is 382 g/mol. The van der Waals surface area contributed by atoms with E-state index in [1.165, 1.54) is 0 Å². The smallest absolute Gasteiger partial charge is 0.323 e. The van der Waals surface area contributed by atoms with Crippen molar-refractivity contribution in [1.82, 2.24) is 19.9 Å². The molecule has 0 aliphatic rings. The minimum atomic E-state index is -0.544. The van der Waals surface area contributed by atoms with Gasteiger partial charge in [-0.15, -0.1) is 0 Å². The third kappa shape index (κ3) is 4.63. The van der Waals surface area contributed by atoms with Gasteiger partial charge in [-0.05, 0) is 50.7 Å². The largest absolute Gasteiger partial charge is 0.325 e. The van der Waals surface area contributed by atoms with Crippen molar-refractivity contribution in [3.63, 3.8) is 0 Å². The van der Waals surface area contributed by atoms with Crippen LogP contribution in [0.5, 0.6) is 0 Å². The fourth-order valence-electron chi connectivity index (χ4n) is 2.64. The zero-order valence-electron chi connectivity index (χ0n) is 15.9. The van der Waals surface area contributed by atoms with Crippen LogP contribution in [0.4, 0.5) is 11.5 Å². The van der Waals surface area contributed by atoms with E-state index in [2.05, 4.69) is 25.6 Å². The summed E-state index contributed by atoms with van der Waals surface area (Å²) in [5.74, 6) is -0.0549. The Balaban J connectivity index is 1.57. The van der Waals surface area contributed by atoms with Gasteiger partial charge in [-0.1, -0.05) is 6.07 Å². The van der Waals surface area contributed by atoms with Crippen molar-refractivity contribution in [2.75, 3.05) is 24.2 Å². The second-order valence-corrected chi connectivity index (χ2v) is 6.69. The predicted molar refractivity (Wildman–Crippen MR) is 107 cm³/mol. The molecule has 0 spiro atoms. The van der Waals surface area contributed by atoms with Gasteiger partial charge in [-0.3, -0.25) is 14.5 Å². The molecule has 146 valence electrons. The molecule has 2 aromatic heterocycles. The molecule has 0 bridgehead atoms. The number of imidazole rings is 1. The lowest BCUT2D eigenvalue weighted by atomic mass is 10.2. The van der Waals surface area contributed by atoms with E-state index in [0.29, 0.717) is 22.5 Å². The molecule has 3 aromatic rings. The van der Waals surface area contributed by atoms with Crippen LogP contribution in [0.2, 0.25) is 0 Å². The number of benzene rings is 1. The normalized spacial score (nSPS) is 12.1. The molecule has 0 saturated heterocycles. The Morgan fingerprint density at radius 1 is 1.14 bits per heavy atom. The second-order valence-electron chi connectivity index (χ2n) is 6.69. The van der Waals surface area contributed by atoms with Crippen molar-refractivity contribution in [2.45, 2.75) is 19.9 Å². The standard InChI is InChI=1S/C19H22N6O3/c1-11-4-7-16(20-9-11)24-17(26)10-25(3)12(2)18(27)21-13-5-6-14-15(8-13)23-19(28)22-14/h4-9,12H,10H2,1-3H3,(H,21,27)(H,20,24,26)(H2,22,23,28). The molecule has 0 saturated carbocycles. The number of hydrogen-bond donors (Lipinski definition) is 4. The average Bonchev–Trinajstić information content (AvgIpc) is 3.02. The number of hydrogen-bond acceptors (Lipinski definition) is 5. The lowest BCUT2D eigenvalue weighted by Gasteiger charge is -2.23. The lowest BCUT2D eigenvalue weighted by Crippen LogP contribution is -2.43. The number of carbonyl (C=O) groups is 2. The van der Waals surface area contributed by atoms with Gasteiger partial charge >= 0.3 is 5.69 Å². The van der Waals surface area contributed by atoms with Crippen LogP contribution in [0.1, 0.15) is 12.5 Å². The van der Waals surface area contributed by atoms with Gasteiger partial charge in [-0.25, -0.2) is 9.78 Å². The quantitative estimate of drug-likeness (QED) is 0.514. The summed E-state index contributed by atoms with van der Waals surface area (Å²) in [5, 5.41) is 5.50. The van der Waals surface area contributed by atoms with E-state index in [1.54, 1.807) is 49.3 Å². The summed E-state index contributed by atoms with van der Waals surface area (Å²) < 4.78 is 0. The molecule has 0 radical (unpaired) electrons. The average molecular weight is 382 g/mol. The molecule has 0 aliphatic heterocycles. The molecule has 3 rings (SSSR count). The molecule has 2 heterocycles. The van der Waals surface area contributed by atoms with Crippen molar-refractivity contribution in [1.29, 1.82) is 0 Å². The highest BCUT2D eigenvalue weighted by molar-refractivity contribution is 5.97. The number of aryl methyl sites for hydroxylation is 1. The van der Waals surface area contributed by atoms with E-state index in [9.17, 15) is 14.4 Å². The maximum atomic E-state index is 12.5. The molecule has 2 amide bonds. The van der Waals surface area contributed by atoms with Crippen LogP contribution in [-0.4, -0.2) is 51.3 Å². The summed E-state index contributed by atoms with van der Waals surface area (Å²) in [7, 11) is 1.69. The highest BCUT2D eigenvalue weighted by Crippen LogP contribution is 2.15. The Morgan fingerprint density at radius 2 is 1.89 bits per heavy atom. The number of aromatic amines is 2. The van der Waals surface area contributed by atoms with E-state index >= 15 is 0 Å². The highest BCUT2D eigenvalue weighted by Gasteiger charge is 2.20. The van der Waals surface area contributed by atoms with E-state index in [0.717, 1.165) is 5.56 Å². The number of pyridine rings is 1. The number of aromatic nitrogens is 3. The van der Waals surface area contributed by atoms with Gasteiger partial charge in [0.2, 0.25) is 11.8 Å². The molecule has 1 unspecified atom stereocenters. The summed E-state index contributed by atoms with van der Waals surface area (Å²) in [4.78, 5) is 47.1. The Kier molecular flexibility index (Phi) is 5.55. The van der Waals surface area contributed by atoms with Crippen LogP contribution >= 0.6 is 0 Å². The summed E-state index contributed by atoms with van der Waals surface area (Å²) in [6.45, 7) is 3.66. The van der Waals surface area contributed by atoms with Crippen LogP contribution in [0, 0.1) is 6.92 Å². The van der Waals surface area contributed by atoms with E-state index in [1.807, 2.05) is 13.0 Å². The van der Waals surface area contributed by atoms with Gasteiger partial charge in [-0.2, -0.15) is 0 Å². The van der Waals surface area contributed by atoms with Crippen molar-refractivity contribution < 1.29 is 9.59 Å². The summed E-state index contributed by atoms with van der Waals surface area (Å²) in [6, 6.07) is 8.12. The molecule has 0 aliphatic carbocycles. The molecular weight excluding hydrogens is 360 g/mol. The zero-order valence-corrected chi connectivity index (χ0v) is 15.9. The first-order chi connectivity index (χ1) is 13.3. The van der Waals surface area contributed by atoms with E-state index < -0.39 is 6.04 Å². The van der Waals surface area contributed by atoms with Crippen molar-refractivity contribution in [2.24, 2.45) is 0 Å². The molecule has 1 atom stereocenters. The zero-order chi connectivity index (χ0) is 20.3. The molecule has 9 nitrogen and oxygen atoms in total. The number of H-pyrrole nitrogens is 2. The Bertz CT molecular complexity index is 1050.